The van der Waals surface area contributed by atoms with Gasteiger partial charge < -0.3 is 20.5 Å². The Morgan fingerprint density at radius 2 is 1.62 bits per heavy atom. The van der Waals surface area contributed by atoms with Gasteiger partial charge in [-0.05, 0) is 34.1 Å². The first-order valence-electron chi connectivity index (χ1n) is 11.8. The molecule has 1 aliphatic rings. The van der Waals surface area contributed by atoms with Crippen LogP contribution < -0.4 is 10.6 Å². The van der Waals surface area contributed by atoms with Crippen LogP contribution in [-0.4, -0.2) is 42.3 Å². The van der Waals surface area contributed by atoms with Gasteiger partial charge in [0.25, 0.3) is 0 Å². The number of nitrogens with one attached hydrogen (secondary N) is 2. The highest BCUT2D eigenvalue weighted by atomic mass is 16.5. The highest BCUT2D eigenvalue weighted by molar-refractivity contribution is 5.79. The molecule has 1 atom stereocenters. The van der Waals surface area contributed by atoms with E-state index in [0.717, 1.165) is 17.5 Å². The molecule has 34 heavy (non-hydrogen) atoms. The third-order valence-electron chi connectivity index (χ3n) is 6.12. The Hall–Kier alpha value is -3.35. The van der Waals surface area contributed by atoms with Gasteiger partial charge in [0.1, 0.15) is 6.61 Å². The summed E-state index contributed by atoms with van der Waals surface area (Å²) in [5.41, 5.74) is 4.12. The first-order valence-corrected chi connectivity index (χ1v) is 11.8. The maximum absolute atomic E-state index is 12.5. The van der Waals surface area contributed by atoms with Crippen LogP contribution in [-0.2, 0) is 14.3 Å². The van der Waals surface area contributed by atoms with Gasteiger partial charge >= 0.3 is 12.1 Å². The second-order valence-electron chi connectivity index (χ2n) is 9.67. The van der Waals surface area contributed by atoms with Crippen LogP contribution in [0.2, 0.25) is 0 Å². The van der Waals surface area contributed by atoms with Crippen molar-refractivity contribution in [3.05, 3.63) is 59.7 Å². The molecule has 0 heterocycles. The predicted octanol–water partition coefficient (Wildman–Crippen LogP) is 4.70. The predicted molar refractivity (Wildman–Crippen MR) is 131 cm³/mol. The Kier molecular flexibility index (Phi) is 8.31. The fraction of sp³-hybridized carbons (Fsp3) is 0.444. The van der Waals surface area contributed by atoms with Crippen molar-refractivity contribution in [1.29, 1.82) is 0 Å². The number of carboxylic acid groups (broad SMARTS) is 1. The fourth-order valence-electron chi connectivity index (χ4n) is 4.52. The van der Waals surface area contributed by atoms with Gasteiger partial charge in [0.15, 0.2) is 0 Å². The van der Waals surface area contributed by atoms with Crippen LogP contribution in [0.5, 0.6) is 0 Å². The van der Waals surface area contributed by atoms with Gasteiger partial charge in [0.2, 0.25) is 5.91 Å². The first-order chi connectivity index (χ1) is 16.2. The molecule has 0 aromatic heterocycles. The molecule has 2 aromatic carbocycles. The number of carbonyl (C=O) groups is 3. The number of carbonyl (C=O) groups excluding carboxylic acids is 2. The molecule has 1 aliphatic carbocycles. The third kappa shape index (κ3) is 6.59. The molecular formula is C27H34N2O5. The molecule has 2 aromatic rings. The summed E-state index contributed by atoms with van der Waals surface area (Å²) in [6.45, 7) is 6.19. The molecule has 3 rings (SSSR count). The van der Waals surface area contributed by atoms with Crippen LogP contribution in [0.1, 0.15) is 63.5 Å². The zero-order chi connectivity index (χ0) is 24.7. The van der Waals surface area contributed by atoms with E-state index >= 15 is 0 Å². The summed E-state index contributed by atoms with van der Waals surface area (Å²) in [7, 11) is 0. The van der Waals surface area contributed by atoms with Crippen LogP contribution in [0, 0.1) is 5.41 Å². The maximum Gasteiger partial charge on any atom is 0.407 e. The Morgan fingerprint density at radius 3 is 2.18 bits per heavy atom. The third-order valence-corrected chi connectivity index (χ3v) is 6.12. The van der Waals surface area contributed by atoms with Gasteiger partial charge in [-0.25, -0.2) is 4.79 Å². The molecule has 0 aliphatic heterocycles. The molecule has 0 spiro atoms. The molecule has 182 valence electrons. The molecule has 1 unspecified atom stereocenters. The van der Waals surface area contributed by atoms with Gasteiger partial charge in [-0.2, -0.15) is 0 Å². The SMILES string of the molecule is CCCC(CC(=O)O)NC(=O)CC(C)(C)CNC(=O)OCC1c2ccccc2-c2ccccc21. The van der Waals surface area contributed by atoms with Crippen LogP contribution in [0.25, 0.3) is 11.1 Å². The van der Waals surface area contributed by atoms with E-state index in [9.17, 15) is 14.4 Å². The second kappa shape index (κ2) is 11.2. The van der Waals surface area contributed by atoms with Gasteiger partial charge in [0, 0.05) is 24.9 Å². The normalized spacial score (nSPS) is 13.5. The topological polar surface area (TPSA) is 105 Å². The van der Waals surface area contributed by atoms with E-state index in [-0.39, 0.29) is 43.9 Å². The number of amides is 2. The number of ether oxygens (including phenoxy) is 1. The average molecular weight is 467 g/mol. The van der Waals surface area contributed by atoms with Crippen molar-refractivity contribution in [3.8, 4) is 11.1 Å². The second-order valence-corrected chi connectivity index (χ2v) is 9.67. The number of rotatable bonds is 11. The van der Waals surface area contributed by atoms with E-state index in [0.29, 0.717) is 6.42 Å². The molecule has 7 nitrogen and oxygen atoms in total. The summed E-state index contributed by atoms with van der Waals surface area (Å²) in [5.74, 6) is -1.17. The van der Waals surface area contributed by atoms with Crippen LogP contribution in [0.15, 0.2) is 48.5 Å². The van der Waals surface area contributed by atoms with Crippen LogP contribution >= 0.6 is 0 Å². The highest BCUT2D eigenvalue weighted by Gasteiger charge is 2.29. The minimum Gasteiger partial charge on any atom is -0.481 e. The molecule has 0 saturated heterocycles. The Balaban J connectivity index is 1.50. The fourth-order valence-corrected chi connectivity index (χ4v) is 4.52. The lowest BCUT2D eigenvalue weighted by Crippen LogP contribution is -2.41. The van der Waals surface area contributed by atoms with Crippen molar-refractivity contribution in [2.45, 2.75) is 58.4 Å². The standard InChI is InChI=1S/C27H34N2O5/c1-4-9-18(14-25(31)32)29-24(30)15-27(2,3)17-28-26(33)34-16-23-21-12-7-5-10-19(21)20-11-6-8-13-22(20)23/h5-8,10-13,18,23H,4,9,14-17H2,1-3H3,(H,28,33)(H,29,30)(H,31,32). The number of hydrogen-bond acceptors (Lipinski definition) is 4. The van der Waals surface area contributed by atoms with E-state index in [2.05, 4.69) is 34.9 Å². The van der Waals surface area contributed by atoms with Crippen molar-refractivity contribution in [1.82, 2.24) is 10.6 Å². The average Bonchev–Trinajstić information content (AvgIpc) is 3.09. The Labute approximate surface area is 200 Å². The zero-order valence-electron chi connectivity index (χ0n) is 20.1. The monoisotopic (exact) mass is 466 g/mol. The molecule has 0 saturated carbocycles. The van der Waals surface area contributed by atoms with Crippen LogP contribution in [0.3, 0.4) is 0 Å². The number of fused-ring (bicyclic) bond motifs is 3. The van der Waals surface area contributed by atoms with Crippen molar-refractivity contribution in [2.75, 3.05) is 13.2 Å². The Morgan fingerprint density at radius 1 is 1.03 bits per heavy atom. The number of benzene rings is 2. The number of aliphatic carboxylic acids is 1. The number of alkyl carbamates (subject to hydrolysis) is 1. The lowest BCUT2D eigenvalue weighted by atomic mass is 9.88. The molecule has 2 amide bonds. The van der Waals surface area contributed by atoms with E-state index in [1.54, 1.807) is 0 Å². The zero-order valence-corrected chi connectivity index (χ0v) is 20.1. The van der Waals surface area contributed by atoms with Crippen molar-refractivity contribution >= 4 is 18.0 Å². The molecule has 0 radical (unpaired) electrons. The molecule has 0 bridgehead atoms. The molecule has 3 N–H and O–H groups in total. The lowest BCUT2D eigenvalue weighted by Gasteiger charge is -2.26. The van der Waals surface area contributed by atoms with Crippen molar-refractivity contribution in [2.24, 2.45) is 5.41 Å². The summed E-state index contributed by atoms with van der Waals surface area (Å²) < 4.78 is 5.56. The summed E-state index contributed by atoms with van der Waals surface area (Å²) in [6.07, 6.45) is 0.931. The maximum atomic E-state index is 12.5. The molecule has 0 fully saturated rings. The first kappa shape index (κ1) is 25.3. The number of carboxylic acids is 1. The van der Waals surface area contributed by atoms with Gasteiger partial charge in [-0.15, -0.1) is 0 Å². The van der Waals surface area contributed by atoms with E-state index < -0.39 is 17.5 Å². The van der Waals surface area contributed by atoms with Gasteiger partial charge in [0.05, 0.1) is 6.42 Å². The van der Waals surface area contributed by atoms with Crippen LogP contribution in [0.4, 0.5) is 4.79 Å². The summed E-state index contributed by atoms with van der Waals surface area (Å²) >= 11 is 0. The van der Waals surface area contributed by atoms with Crippen molar-refractivity contribution < 1.29 is 24.2 Å². The van der Waals surface area contributed by atoms with E-state index in [4.69, 9.17) is 9.84 Å². The minimum absolute atomic E-state index is 0.0123. The Bertz CT molecular complexity index is 988. The number of hydrogen-bond donors (Lipinski definition) is 3. The largest absolute Gasteiger partial charge is 0.481 e. The summed E-state index contributed by atoms with van der Waals surface area (Å²) in [6, 6.07) is 15.9. The van der Waals surface area contributed by atoms with Gasteiger partial charge in [-0.1, -0.05) is 75.7 Å². The van der Waals surface area contributed by atoms with E-state index in [1.165, 1.54) is 11.1 Å². The smallest absolute Gasteiger partial charge is 0.407 e. The lowest BCUT2D eigenvalue weighted by molar-refractivity contribution is -0.137. The summed E-state index contributed by atoms with van der Waals surface area (Å²) in [5, 5.41) is 14.6. The van der Waals surface area contributed by atoms with Gasteiger partial charge in [-0.3, -0.25) is 9.59 Å². The molecular weight excluding hydrogens is 432 g/mol. The highest BCUT2D eigenvalue weighted by Crippen LogP contribution is 2.44. The van der Waals surface area contributed by atoms with Crippen molar-refractivity contribution in [3.63, 3.8) is 0 Å². The molecule has 7 heteroatoms. The van der Waals surface area contributed by atoms with E-state index in [1.807, 2.05) is 45.0 Å². The summed E-state index contributed by atoms with van der Waals surface area (Å²) in [4.78, 5) is 35.9. The quantitative estimate of drug-likeness (QED) is 0.445. The minimum atomic E-state index is -0.935.